The number of rotatable bonds is 5. The van der Waals surface area contributed by atoms with E-state index in [9.17, 15) is 9.59 Å². The molecule has 1 fully saturated rings. The van der Waals surface area contributed by atoms with E-state index >= 15 is 0 Å². The zero-order chi connectivity index (χ0) is 15.2. The molecule has 0 aromatic heterocycles. The van der Waals surface area contributed by atoms with Gasteiger partial charge in [-0.15, -0.1) is 0 Å². The smallest absolute Gasteiger partial charge is 0.335 e. The van der Waals surface area contributed by atoms with E-state index in [2.05, 4.69) is 5.32 Å². The second kappa shape index (κ2) is 7.22. The minimum Gasteiger partial charge on any atom is -0.478 e. The van der Waals surface area contributed by atoms with Crippen LogP contribution in [-0.2, 0) is 16.0 Å². The highest BCUT2D eigenvalue weighted by atomic mass is 16.5. The van der Waals surface area contributed by atoms with Crippen molar-refractivity contribution in [2.75, 3.05) is 13.2 Å². The standard InChI is InChI=1S/C16H21NO4/c1-11(13-5-7-21-8-6-13)17-15(18)10-12-3-2-4-14(9-12)16(19)20/h2-4,9,11,13H,5-8,10H2,1H3,(H,17,18)(H,19,20). The van der Waals surface area contributed by atoms with E-state index in [0.717, 1.165) is 26.1 Å². The van der Waals surface area contributed by atoms with Crippen molar-refractivity contribution in [2.24, 2.45) is 5.92 Å². The van der Waals surface area contributed by atoms with Crippen molar-refractivity contribution in [3.05, 3.63) is 35.4 Å². The van der Waals surface area contributed by atoms with E-state index in [1.165, 1.54) is 6.07 Å². The Bertz CT molecular complexity index is 509. The molecule has 0 bridgehead atoms. The molecule has 1 atom stereocenters. The lowest BCUT2D eigenvalue weighted by Gasteiger charge is -2.28. The Kier molecular flexibility index (Phi) is 5.33. The van der Waals surface area contributed by atoms with Crippen molar-refractivity contribution in [3.8, 4) is 0 Å². The fraction of sp³-hybridized carbons (Fsp3) is 0.500. The number of carbonyl (C=O) groups is 2. The number of hydrogen-bond donors (Lipinski definition) is 2. The van der Waals surface area contributed by atoms with Crippen LogP contribution in [0.5, 0.6) is 0 Å². The number of carboxylic acid groups (broad SMARTS) is 1. The van der Waals surface area contributed by atoms with Gasteiger partial charge in [-0.2, -0.15) is 0 Å². The van der Waals surface area contributed by atoms with E-state index in [-0.39, 0.29) is 23.9 Å². The summed E-state index contributed by atoms with van der Waals surface area (Å²) >= 11 is 0. The van der Waals surface area contributed by atoms with E-state index in [1.807, 2.05) is 6.92 Å². The molecule has 21 heavy (non-hydrogen) atoms. The quantitative estimate of drug-likeness (QED) is 0.868. The number of nitrogens with one attached hydrogen (secondary N) is 1. The van der Waals surface area contributed by atoms with Gasteiger partial charge in [-0.3, -0.25) is 4.79 Å². The molecule has 5 heteroatoms. The summed E-state index contributed by atoms with van der Waals surface area (Å²) in [5.74, 6) is -0.600. The zero-order valence-corrected chi connectivity index (χ0v) is 12.2. The van der Waals surface area contributed by atoms with E-state index in [1.54, 1.807) is 18.2 Å². The summed E-state index contributed by atoms with van der Waals surface area (Å²) in [5.41, 5.74) is 0.921. The maximum Gasteiger partial charge on any atom is 0.335 e. The van der Waals surface area contributed by atoms with Crippen LogP contribution in [0.1, 0.15) is 35.7 Å². The number of benzene rings is 1. The third kappa shape index (κ3) is 4.56. The fourth-order valence-corrected chi connectivity index (χ4v) is 2.64. The molecule has 1 amide bonds. The van der Waals surface area contributed by atoms with Crippen LogP contribution in [0.2, 0.25) is 0 Å². The minimum atomic E-state index is -0.979. The zero-order valence-electron chi connectivity index (χ0n) is 12.2. The van der Waals surface area contributed by atoms with Crippen LogP contribution in [-0.4, -0.2) is 36.2 Å². The molecule has 1 unspecified atom stereocenters. The summed E-state index contributed by atoms with van der Waals surface area (Å²) in [6.45, 7) is 3.53. The first-order chi connectivity index (χ1) is 10.1. The summed E-state index contributed by atoms with van der Waals surface area (Å²) < 4.78 is 5.32. The van der Waals surface area contributed by atoms with Gasteiger partial charge in [0.15, 0.2) is 0 Å². The Morgan fingerprint density at radius 3 is 2.76 bits per heavy atom. The van der Waals surface area contributed by atoms with E-state index in [0.29, 0.717) is 11.5 Å². The highest BCUT2D eigenvalue weighted by Crippen LogP contribution is 2.18. The van der Waals surface area contributed by atoms with E-state index in [4.69, 9.17) is 9.84 Å². The Morgan fingerprint density at radius 1 is 1.38 bits per heavy atom. The number of aromatic carboxylic acids is 1. The normalized spacial score (nSPS) is 17.2. The largest absolute Gasteiger partial charge is 0.478 e. The van der Waals surface area contributed by atoms with Crippen molar-refractivity contribution in [1.29, 1.82) is 0 Å². The molecule has 1 aromatic rings. The van der Waals surface area contributed by atoms with Gasteiger partial charge in [0, 0.05) is 19.3 Å². The molecule has 0 saturated carbocycles. The lowest BCUT2D eigenvalue weighted by Crippen LogP contribution is -2.40. The van der Waals surface area contributed by atoms with Gasteiger partial charge >= 0.3 is 5.97 Å². The molecule has 1 aromatic carbocycles. The third-order valence-electron chi connectivity index (χ3n) is 3.90. The Balaban J connectivity index is 1.89. The molecule has 0 spiro atoms. The molecule has 2 rings (SSSR count). The molecule has 5 nitrogen and oxygen atoms in total. The van der Waals surface area contributed by atoms with Crippen molar-refractivity contribution < 1.29 is 19.4 Å². The van der Waals surface area contributed by atoms with Crippen LogP contribution in [0, 0.1) is 5.92 Å². The van der Waals surface area contributed by atoms with Crippen molar-refractivity contribution >= 4 is 11.9 Å². The van der Waals surface area contributed by atoms with Gasteiger partial charge in [-0.1, -0.05) is 12.1 Å². The van der Waals surface area contributed by atoms with Crippen LogP contribution >= 0.6 is 0 Å². The highest BCUT2D eigenvalue weighted by molar-refractivity contribution is 5.88. The second-order valence-corrected chi connectivity index (χ2v) is 5.49. The molecule has 114 valence electrons. The lowest BCUT2D eigenvalue weighted by atomic mass is 9.93. The SMILES string of the molecule is CC(NC(=O)Cc1cccc(C(=O)O)c1)C1CCOCC1. The molecule has 1 saturated heterocycles. The number of ether oxygens (including phenoxy) is 1. The number of amides is 1. The molecule has 0 aliphatic carbocycles. The molecule has 1 heterocycles. The first-order valence-corrected chi connectivity index (χ1v) is 7.25. The average Bonchev–Trinajstić information content (AvgIpc) is 2.48. The van der Waals surface area contributed by atoms with Crippen LogP contribution in [0.25, 0.3) is 0 Å². The van der Waals surface area contributed by atoms with Crippen LogP contribution in [0.15, 0.2) is 24.3 Å². The first kappa shape index (κ1) is 15.5. The Morgan fingerprint density at radius 2 is 2.10 bits per heavy atom. The van der Waals surface area contributed by atoms with Crippen LogP contribution < -0.4 is 5.32 Å². The molecule has 1 aliphatic heterocycles. The summed E-state index contributed by atoms with van der Waals surface area (Å²) in [5, 5.41) is 12.0. The van der Waals surface area contributed by atoms with Crippen LogP contribution in [0.3, 0.4) is 0 Å². The van der Waals surface area contributed by atoms with Gasteiger partial charge in [0.1, 0.15) is 0 Å². The van der Waals surface area contributed by atoms with Gasteiger partial charge in [-0.25, -0.2) is 4.79 Å². The number of carboxylic acids is 1. The monoisotopic (exact) mass is 291 g/mol. The van der Waals surface area contributed by atoms with Crippen molar-refractivity contribution in [3.63, 3.8) is 0 Å². The average molecular weight is 291 g/mol. The van der Waals surface area contributed by atoms with Gasteiger partial charge in [-0.05, 0) is 43.4 Å². The molecule has 1 aliphatic rings. The molecular formula is C16H21NO4. The van der Waals surface area contributed by atoms with Gasteiger partial charge in [0.2, 0.25) is 5.91 Å². The molecular weight excluding hydrogens is 270 g/mol. The third-order valence-corrected chi connectivity index (χ3v) is 3.90. The van der Waals surface area contributed by atoms with Gasteiger partial charge in [0.05, 0.1) is 12.0 Å². The first-order valence-electron chi connectivity index (χ1n) is 7.25. The van der Waals surface area contributed by atoms with Gasteiger partial charge < -0.3 is 15.2 Å². The maximum atomic E-state index is 12.1. The van der Waals surface area contributed by atoms with E-state index < -0.39 is 5.97 Å². The fourth-order valence-electron chi connectivity index (χ4n) is 2.64. The number of hydrogen-bond acceptors (Lipinski definition) is 3. The summed E-state index contributed by atoms with van der Waals surface area (Å²) in [6.07, 6.45) is 2.14. The van der Waals surface area contributed by atoms with Crippen LogP contribution in [0.4, 0.5) is 0 Å². The maximum absolute atomic E-state index is 12.1. The predicted molar refractivity (Wildman–Crippen MR) is 78.3 cm³/mol. The van der Waals surface area contributed by atoms with Crippen molar-refractivity contribution in [2.45, 2.75) is 32.2 Å². The lowest BCUT2D eigenvalue weighted by molar-refractivity contribution is -0.121. The summed E-state index contributed by atoms with van der Waals surface area (Å²) in [6, 6.07) is 6.61. The Hall–Kier alpha value is -1.88. The summed E-state index contributed by atoms with van der Waals surface area (Å²) in [7, 11) is 0. The second-order valence-electron chi connectivity index (χ2n) is 5.49. The number of carbonyl (C=O) groups excluding carboxylic acids is 1. The minimum absolute atomic E-state index is 0.0727. The summed E-state index contributed by atoms with van der Waals surface area (Å²) in [4.78, 5) is 23.0. The molecule has 0 radical (unpaired) electrons. The highest BCUT2D eigenvalue weighted by Gasteiger charge is 2.21. The predicted octanol–water partition coefficient (Wildman–Crippen LogP) is 1.86. The van der Waals surface area contributed by atoms with Crippen molar-refractivity contribution in [1.82, 2.24) is 5.32 Å². The molecule has 2 N–H and O–H groups in total. The Labute approximate surface area is 124 Å². The topological polar surface area (TPSA) is 75.6 Å². The van der Waals surface area contributed by atoms with Gasteiger partial charge in [0.25, 0.3) is 0 Å².